The van der Waals surface area contributed by atoms with E-state index in [0.717, 1.165) is 27.8 Å². The maximum atomic E-state index is 11.4. The number of amides is 1. The molecule has 0 atom stereocenters. The molecule has 4 aromatic rings. The molecule has 3 aromatic carbocycles. The summed E-state index contributed by atoms with van der Waals surface area (Å²) in [7, 11) is 0. The Morgan fingerprint density at radius 2 is 1.61 bits per heavy atom. The zero-order valence-corrected chi connectivity index (χ0v) is 15.8. The van der Waals surface area contributed by atoms with E-state index in [1.54, 1.807) is 17.8 Å². The van der Waals surface area contributed by atoms with Crippen molar-refractivity contribution in [3.05, 3.63) is 96.1 Å². The first-order chi connectivity index (χ1) is 13.7. The fraction of sp³-hybridized carbons (Fsp3) is 0.0455. The van der Waals surface area contributed by atoms with Gasteiger partial charge in [0.2, 0.25) is 5.91 Å². The zero-order chi connectivity index (χ0) is 19.3. The van der Waals surface area contributed by atoms with Gasteiger partial charge in [0.1, 0.15) is 0 Å². The minimum Gasteiger partial charge on any atom is -0.366 e. The number of rotatable bonds is 6. The molecule has 2 N–H and O–H groups in total. The SMILES string of the molecule is NC(=O)c1cccc(CSc2nnc(-c3ccccc3)n2-c2ccccc2)c1. The first kappa shape index (κ1) is 18.0. The Hall–Kier alpha value is -3.38. The Kier molecular flexibility index (Phi) is 5.21. The number of carbonyl (C=O) groups excluding carboxylic acids is 1. The molecular formula is C22H18N4OS. The fourth-order valence-corrected chi connectivity index (χ4v) is 3.80. The summed E-state index contributed by atoms with van der Waals surface area (Å²) in [6, 6.07) is 27.4. The number of para-hydroxylation sites is 1. The molecule has 1 heterocycles. The summed E-state index contributed by atoms with van der Waals surface area (Å²) < 4.78 is 2.05. The van der Waals surface area contributed by atoms with Crippen LogP contribution in [0, 0.1) is 0 Å². The van der Waals surface area contributed by atoms with Crippen LogP contribution in [0.4, 0.5) is 0 Å². The Morgan fingerprint density at radius 3 is 2.32 bits per heavy atom. The third-order valence-electron chi connectivity index (χ3n) is 4.26. The van der Waals surface area contributed by atoms with Gasteiger partial charge in [-0.15, -0.1) is 10.2 Å². The zero-order valence-electron chi connectivity index (χ0n) is 15.0. The molecule has 5 nitrogen and oxygen atoms in total. The van der Waals surface area contributed by atoms with Crippen LogP contribution in [0.1, 0.15) is 15.9 Å². The summed E-state index contributed by atoms with van der Waals surface area (Å²) in [5.41, 5.74) is 8.90. The number of thioether (sulfide) groups is 1. The minimum atomic E-state index is -0.425. The second-order valence-corrected chi connectivity index (χ2v) is 7.14. The molecule has 0 saturated heterocycles. The van der Waals surface area contributed by atoms with Crippen LogP contribution in [0.25, 0.3) is 17.1 Å². The number of aromatic nitrogens is 3. The summed E-state index contributed by atoms with van der Waals surface area (Å²) in [4.78, 5) is 11.4. The van der Waals surface area contributed by atoms with Crippen molar-refractivity contribution in [2.75, 3.05) is 0 Å². The van der Waals surface area contributed by atoms with E-state index in [1.165, 1.54) is 0 Å². The predicted molar refractivity (Wildman–Crippen MR) is 111 cm³/mol. The molecule has 1 amide bonds. The molecule has 138 valence electrons. The van der Waals surface area contributed by atoms with Gasteiger partial charge in [-0.05, 0) is 29.8 Å². The second-order valence-electron chi connectivity index (χ2n) is 6.20. The van der Waals surface area contributed by atoms with E-state index < -0.39 is 5.91 Å². The van der Waals surface area contributed by atoms with Crippen molar-refractivity contribution >= 4 is 17.7 Å². The standard InChI is InChI=1S/C22H18N4OS/c23-20(27)18-11-7-8-16(14-18)15-28-22-25-24-21(17-9-3-1-4-10-17)26(22)19-12-5-2-6-13-19/h1-14H,15H2,(H2,23,27). The van der Waals surface area contributed by atoms with E-state index in [-0.39, 0.29) is 0 Å². The third kappa shape index (κ3) is 3.82. The van der Waals surface area contributed by atoms with Gasteiger partial charge in [-0.3, -0.25) is 9.36 Å². The van der Waals surface area contributed by atoms with Crippen LogP contribution in [-0.2, 0) is 5.75 Å². The highest BCUT2D eigenvalue weighted by atomic mass is 32.2. The van der Waals surface area contributed by atoms with Gasteiger partial charge in [-0.1, -0.05) is 72.4 Å². The van der Waals surface area contributed by atoms with Crippen molar-refractivity contribution in [2.24, 2.45) is 5.73 Å². The van der Waals surface area contributed by atoms with E-state index in [2.05, 4.69) is 14.8 Å². The molecule has 28 heavy (non-hydrogen) atoms. The first-order valence-electron chi connectivity index (χ1n) is 8.80. The van der Waals surface area contributed by atoms with Crippen molar-refractivity contribution in [1.82, 2.24) is 14.8 Å². The van der Waals surface area contributed by atoms with Crippen molar-refractivity contribution < 1.29 is 4.79 Å². The van der Waals surface area contributed by atoms with Gasteiger partial charge in [-0.2, -0.15) is 0 Å². The normalized spacial score (nSPS) is 10.7. The molecular weight excluding hydrogens is 368 g/mol. The van der Waals surface area contributed by atoms with Crippen LogP contribution < -0.4 is 5.73 Å². The summed E-state index contributed by atoms with van der Waals surface area (Å²) in [6.45, 7) is 0. The average molecular weight is 386 g/mol. The monoisotopic (exact) mass is 386 g/mol. The van der Waals surface area contributed by atoms with Crippen LogP contribution in [0.3, 0.4) is 0 Å². The number of primary amides is 1. The molecule has 0 aliphatic rings. The number of benzene rings is 3. The van der Waals surface area contributed by atoms with Crippen LogP contribution in [-0.4, -0.2) is 20.7 Å². The molecule has 0 unspecified atom stereocenters. The number of carbonyl (C=O) groups is 1. The first-order valence-corrected chi connectivity index (χ1v) is 9.79. The van der Waals surface area contributed by atoms with Crippen LogP contribution in [0.2, 0.25) is 0 Å². The Bertz CT molecular complexity index is 1090. The van der Waals surface area contributed by atoms with Crippen molar-refractivity contribution in [3.63, 3.8) is 0 Å². The van der Waals surface area contributed by atoms with E-state index >= 15 is 0 Å². The Labute approximate surface area is 167 Å². The smallest absolute Gasteiger partial charge is 0.248 e. The van der Waals surface area contributed by atoms with E-state index in [4.69, 9.17) is 5.73 Å². The topological polar surface area (TPSA) is 73.8 Å². The Morgan fingerprint density at radius 1 is 0.893 bits per heavy atom. The lowest BCUT2D eigenvalue weighted by molar-refractivity contribution is 0.1000. The van der Waals surface area contributed by atoms with Gasteiger partial charge in [-0.25, -0.2) is 0 Å². The van der Waals surface area contributed by atoms with Crippen molar-refractivity contribution in [1.29, 1.82) is 0 Å². The molecule has 0 bridgehead atoms. The van der Waals surface area contributed by atoms with Crippen LogP contribution in [0.15, 0.2) is 90.1 Å². The number of nitrogens with two attached hydrogens (primary N) is 1. The lowest BCUT2D eigenvalue weighted by atomic mass is 10.1. The number of hydrogen-bond donors (Lipinski definition) is 1. The summed E-state index contributed by atoms with van der Waals surface area (Å²) in [5.74, 6) is 1.02. The van der Waals surface area contributed by atoms with Crippen molar-refractivity contribution in [3.8, 4) is 17.1 Å². The lowest BCUT2D eigenvalue weighted by Crippen LogP contribution is -2.10. The summed E-state index contributed by atoms with van der Waals surface area (Å²) in [5, 5.41) is 9.65. The maximum absolute atomic E-state index is 11.4. The molecule has 0 aliphatic heterocycles. The summed E-state index contributed by atoms with van der Waals surface area (Å²) >= 11 is 1.57. The second kappa shape index (κ2) is 8.10. The van der Waals surface area contributed by atoms with Gasteiger partial charge in [0.05, 0.1) is 0 Å². The van der Waals surface area contributed by atoms with Gasteiger partial charge in [0, 0.05) is 22.6 Å². The quantitative estimate of drug-likeness (QED) is 0.501. The van der Waals surface area contributed by atoms with Crippen LogP contribution in [0.5, 0.6) is 0 Å². The summed E-state index contributed by atoms with van der Waals surface area (Å²) in [6.07, 6.45) is 0. The number of nitrogens with zero attached hydrogens (tertiary/aromatic N) is 3. The highest BCUT2D eigenvalue weighted by Crippen LogP contribution is 2.29. The molecule has 0 fully saturated rings. The van der Waals surface area contributed by atoms with Crippen LogP contribution >= 0.6 is 11.8 Å². The van der Waals surface area contributed by atoms with E-state index in [0.29, 0.717) is 11.3 Å². The molecule has 1 aromatic heterocycles. The highest BCUT2D eigenvalue weighted by molar-refractivity contribution is 7.98. The highest BCUT2D eigenvalue weighted by Gasteiger charge is 2.16. The predicted octanol–water partition coefficient (Wildman–Crippen LogP) is 4.33. The lowest BCUT2D eigenvalue weighted by Gasteiger charge is -2.10. The molecule has 0 aliphatic carbocycles. The Balaban J connectivity index is 1.69. The van der Waals surface area contributed by atoms with E-state index in [1.807, 2.05) is 78.9 Å². The average Bonchev–Trinajstić information content (AvgIpc) is 3.18. The molecule has 0 spiro atoms. The van der Waals surface area contributed by atoms with Crippen molar-refractivity contribution in [2.45, 2.75) is 10.9 Å². The fourth-order valence-electron chi connectivity index (χ4n) is 2.91. The van der Waals surface area contributed by atoms with Gasteiger partial charge in [0.15, 0.2) is 11.0 Å². The number of hydrogen-bond acceptors (Lipinski definition) is 4. The van der Waals surface area contributed by atoms with Gasteiger partial charge in [0.25, 0.3) is 0 Å². The maximum Gasteiger partial charge on any atom is 0.248 e. The largest absolute Gasteiger partial charge is 0.366 e. The molecule has 4 rings (SSSR count). The van der Waals surface area contributed by atoms with Gasteiger partial charge >= 0.3 is 0 Å². The molecule has 0 radical (unpaired) electrons. The molecule has 6 heteroatoms. The van der Waals surface area contributed by atoms with E-state index in [9.17, 15) is 4.79 Å². The van der Waals surface area contributed by atoms with Gasteiger partial charge < -0.3 is 5.73 Å². The molecule has 0 saturated carbocycles. The third-order valence-corrected chi connectivity index (χ3v) is 5.26. The minimum absolute atomic E-state index is 0.425.